The van der Waals surface area contributed by atoms with Gasteiger partial charge in [-0.2, -0.15) is 0 Å². The standard InChI is InChI=1S/C22H22FNO2/c1-15(17-11-12-20(23)19-10-6-5-9-18(17)19)26-22-21(24-13-14-25-22)16-7-3-2-4-8-16/h2-12,15,21-22,24H,13-14H2,1H3. The maximum Gasteiger partial charge on any atom is 0.177 e. The van der Waals surface area contributed by atoms with E-state index in [1.807, 2.05) is 43.3 Å². The number of ether oxygens (including phenoxy) is 2. The molecule has 1 aliphatic heterocycles. The highest BCUT2D eigenvalue weighted by atomic mass is 19.1. The number of fused-ring (bicyclic) bond motifs is 1. The van der Waals surface area contributed by atoms with E-state index in [2.05, 4.69) is 17.4 Å². The molecule has 3 aromatic carbocycles. The molecular weight excluding hydrogens is 329 g/mol. The van der Waals surface area contributed by atoms with Crippen LogP contribution in [-0.2, 0) is 9.47 Å². The van der Waals surface area contributed by atoms with Gasteiger partial charge < -0.3 is 14.8 Å². The van der Waals surface area contributed by atoms with E-state index < -0.39 is 6.29 Å². The highest BCUT2D eigenvalue weighted by Gasteiger charge is 2.30. The van der Waals surface area contributed by atoms with Gasteiger partial charge in [-0.1, -0.05) is 60.7 Å². The van der Waals surface area contributed by atoms with Crippen molar-refractivity contribution in [3.05, 3.63) is 83.7 Å². The van der Waals surface area contributed by atoms with Crippen molar-refractivity contribution in [2.75, 3.05) is 13.2 Å². The van der Waals surface area contributed by atoms with E-state index in [1.165, 1.54) is 6.07 Å². The molecule has 0 radical (unpaired) electrons. The maximum absolute atomic E-state index is 14.1. The van der Waals surface area contributed by atoms with Gasteiger partial charge in [0, 0.05) is 11.9 Å². The zero-order chi connectivity index (χ0) is 17.9. The van der Waals surface area contributed by atoms with Gasteiger partial charge in [0.1, 0.15) is 5.82 Å². The molecule has 0 bridgehead atoms. The molecule has 4 heteroatoms. The van der Waals surface area contributed by atoms with Crippen LogP contribution in [0.2, 0.25) is 0 Å². The molecule has 1 aliphatic rings. The van der Waals surface area contributed by atoms with Gasteiger partial charge in [-0.05, 0) is 29.5 Å². The van der Waals surface area contributed by atoms with Gasteiger partial charge in [0.25, 0.3) is 0 Å². The third kappa shape index (κ3) is 3.36. The van der Waals surface area contributed by atoms with Crippen LogP contribution in [0.25, 0.3) is 10.8 Å². The topological polar surface area (TPSA) is 30.5 Å². The zero-order valence-corrected chi connectivity index (χ0v) is 14.7. The van der Waals surface area contributed by atoms with E-state index in [9.17, 15) is 4.39 Å². The summed E-state index contributed by atoms with van der Waals surface area (Å²) in [6.07, 6.45) is -0.624. The van der Waals surface area contributed by atoms with Gasteiger partial charge in [0.2, 0.25) is 0 Å². The second-order valence-electron chi connectivity index (χ2n) is 6.54. The van der Waals surface area contributed by atoms with Crippen LogP contribution in [0, 0.1) is 5.82 Å². The Morgan fingerprint density at radius 2 is 1.73 bits per heavy atom. The highest BCUT2D eigenvalue weighted by molar-refractivity contribution is 5.86. The molecule has 1 N–H and O–H groups in total. The molecule has 0 saturated carbocycles. The molecule has 0 aliphatic carbocycles. The fraction of sp³-hybridized carbons (Fsp3) is 0.273. The van der Waals surface area contributed by atoms with Crippen molar-refractivity contribution in [1.82, 2.24) is 5.32 Å². The molecule has 3 atom stereocenters. The smallest absolute Gasteiger partial charge is 0.177 e. The summed E-state index contributed by atoms with van der Waals surface area (Å²) in [4.78, 5) is 0. The Balaban J connectivity index is 1.61. The molecule has 4 rings (SSSR count). The van der Waals surface area contributed by atoms with Crippen molar-refractivity contribution in [2.24, 2.45) is 0 Å². The lowest BCUT2D eigenvalue weighted by Gasteiger charge is -2.34. The molecule has 1 heterocycles. The van der Waals surface area contributed by atoms with Crippen molar-refractivity contribution in [3.8, 4) is 0 Å². The Kier molecular flexibility index (Phi) is 4.98. The minimum atomic E-state index is -0.398. The summed E-state index contributed by atoms with van der Waals surface area (Å²) < 4.78 is 26.3. The number of hydrogen-bond donors (Lipinski definition) is 1. The van der Waals surface area contributed by atoms with Gasteiger partial charge in [0.05, 0.1) is 18.8 Å². The highest BCUT2D eigenvalue weighted by Crippen LogP contribution is 2.32. The minimum Gasteiger partial charge on any atom is -0.349 e. The van der Waals surface area contributed by atoms with Crippen LogP contribution < -0.4 is 5.32 Å². The van der Waals surface area contributed by atoms with Crippen molar-refractivity contribution in [3.63, 3.8) is 0 Å². The van der Waals surface area contributed by atoms with Crippen LogP contribution in [0.1, 0.15) is 30.2 Å². The number of morpholine rings is 1. The number of halogens is 1. The van der Waals surface area contributed by atoms with Gasteiger partial charge in [-0.3, -0.25) is 0 Å². The molecule has 1 fully saturated rings. The lowest BCUT2D eigenvalue weighted by Crippen LogP contribution is -2.43. The monoisotopic (exact) mass is 351 g/mol. The zero-order valence-electron chi connectivity index (χ0n) is 14.7. The molecule has 0 amide bonds. The normalized spacial score (nSPS) is 21.6. The molecule has 0 aromatic heterocycles. The first-order valence-electron chi connectivity index (χ1n) is 8.96. The van der Waals surface area contributed by atoms with Crippen molar-refractivity contribution >= 4 is 10.8 Å². The fourth-order valence-electron chi connectivity index (χ4n) is 3.55. The van der Waals surface area contributed by atoms with E-state index >= 15 is 0 Å². The van der Waals surface area contributed by atoms with Gasteiger partial charge in [-0.15, -0.1) is 0 Å². The largest absolute Gasteiger partial charge is 0.349 e. The van der Waals surface area contributed by atoms with Crippen LogP contribution in [0.3, 0.4) is 0 Å². The lowest BCUT2D eigenvalue weighted by molar-refractivity contribution is -0.199. The van der Waals surface area contributed by atoms with Gasteiger partial charge >= 0.3 is 0 Å². The number of benzene rings is 3. The molecule has 26 heavy (non-hydrogen) atoms. The summed E-state index contributed by atoms with van der Waals surface area (Å²) in [6.45, 7) is 3.37. The van der Waals surface area contributed by atoms with E-state index in [0.29, 0.717) is 12.0 Å². The Morgan fingerprint density at radius 3 is 2.54 bits per heavy atom. The average molecular weight is 351 g/mol. The minimum absolute atomic E-state index is 0.0286. The Morgan fingerprint density at radius 1 is 1.00 bits per heavy atom. The summed E-state index contributed by atoms with van der Waals surface area (Å²) in [6, 6.07) is 20.9. The predicted molar refractivity (Wildman–Crippen MR) is 100 cm³/mol. The van der Waals surface area contributed by atoms with Crippen LogP contribution in [0.5, 0.6) is 0 Å². The molecule has 134 valence electrons. The van der Waals surface area contributed by atoms with Gasteiger partial charge in [0.15, 0.2) is 6.29 Å². The lowest BCUT2D eigenvalue weighted by atomic mass is 10.00. The maximum atomic E-state index is 14.1. The summed E-state index contributed by atoms with van der Waals surface area (Å²) in [5.74, 6) is -0.214. The first-order valence-corrected chi connectivity index (χ1v) is 8.96. The van der Waals surface area contributed by atoms with Gasteiger partial charge in [-0.25, -0.2) is 4.39 Å². The first kappa shape index (κ1) is 17.2. The van der Waals surface area contributed by atoms with Crippen LogP contribution in [0.15, 0.2) is 66.7 Å². The molecule has 0 spiro atoms. The Labute approximate surface area is 152 Å². The van der Waals surface area contributed by atoms with Crippen molar-refractivity contribution in [1.29, 1.82) is 0 Å². The Bertz CT molecular complexity index is 884. The van der Waals surface area contributed by atoms with E-state index in [4.69, 9.17) is 9.47 Å². The number of hydrogen-bond acceptors (Lipinski definition) is 3. The van der Waals surface area contributed by atoms with Crippen LogP contribution in [0.4, 0.5) is 4.39 Å². The molecule has 1 saturated heterocycles. The second kappa shape index (κ2) is 7.54. The predicted octanol–water partition coefficient (Wildman–Crippen LogP) is 4.74. The second-order valence-corrected chi connectivity index (χ2v) is 6.54. The fourth-order valence-corrected chi connectivity index (χ4v) is 3.55. The summed E-state index contributed by atoms with van der Waals surface area (Å²) >= 11 is 0. The summed E-state index contributed by atoms with van der Waals surface area (Å²) in [7, 11) is 0. The third-order valence-electron chi connectivity index (χ3n) is 4.86. The van der Waals surface area contributed by atoms with Crippen molar-refractivity contribution in [2.45, 2.75) is 25.4 Å². The van der Waals surface area contributed by atoms with E-state index in [1.54, 1.807) is 12.1 Å². The molecule has 3 aromatic rings. The van der Waals surface area contributed by atoms with Crippen LogP contribution >= 0.6 is 0 Å². The first-order chi connectivity index (χ1) is 12.7. The molecule has 3 nitrogen and oxygen atoms in total. The third-order valence-corrected chi connectivity index (χ3v) is 4.86. The summed E-state index contributed by atoms with van der Waals surface area (Å²) in [5, 5.41) is 4.97. The SMILES string of the molecule is CC(OC1OCCNC1c1ccccc1)c1ccc(F)c2ccccc12. The molecular formula is C22H22FNO2. The average Bonchev–Trinajstić information content (AvgIpc) is 2.69. The van der Waals surface area contributed by atoms with E-state index in [-0.39, 0.29) is 18.0 Å². The quantitative estimate of drug-likeness (QED) is 0.736. The Hall–Kier alpha value is -2.27. The summed E-state index contributed by atoms with van der Waals surface area (Å²) in [5.41, 5.74) is 2.09. The number of nitrogens with one attached hydrogen (secondary N) is 1. The number of rotatable bonds is 4. The molecule has 3 unspecified atom stereocenters. The van der Waals surface area contributed by atoms with E-state index in [0.717, 1.165) is 23.1 Å². The van der Waals surface area contributed by atoms with Crippen molar-refractivity contribution < 1.29 is 13.9 Å². The van der Waals surface area contributed by atoms with Crippen LogP contribution in [-0.4, -0.2) is 19.4 Å².